The summed E-state index contributed by atoms with van der Waals surface area (Å²) in [5.74, 6) is -1.06. The van der Waals surface area contributed by atoms with Gasteiger partial charge in [-0.1, -0.05) is 11.3 Å². The molecule has 5 nitrogen and oxygen atoms in total. The van der Waals surface area contributed by atoms with Crippen LogP contribution < -0.4 is 0 Å². The molecule has 0 aliphatic carbocycles. The molecule has 0 saturated heterocycles. The van der Waals surface area contributed by atoms with Crippen LogP contribution in [0.3, 0.4) is 0 Å². The van der Waals surface area contributed by atoms with Crippen LogP contribution in [0.4, 0.5) is 4.39 Å². The van der Waals surface area contributed by atoms with Gasteiger partial charge in [-0.3, -0.25) is 4.98 Å². The van der Waals surface area contributed by atoms with Gasteiger partial charge < -0.3 is 4.74 Å². The quantitative estimate of drug-likeness (QED) is 0.782. The highest BCUT2D eigenvalue weighted by atomic mass is 32.1. The first-order chi connectivity index (χ1) is 8.22. The Kier molecular flexibility index (Phi) is 3.38. The Bertz CT molecular complexity index is 544. The third-order valence-electron chi connectivity index (χ3n) is 1.84. The van der Waals surface area contributed by atoms with Crippen molar-refractivity contribution in [1.29, 1.82) is 0 Å². The normalized spacial score (nSPS) is 10.2. The van der Waals surface area contributed by atoms with Crippen LogP contribution in [0.5, 0.6) is 0 Å². The molecule has 0 N–H and O–H groups in total. The van der Waals surface area contributed by atoms with Crippen LogP contribution >= 0.6 is 11.3 Å². The van der Waals surface area contributed by atoms with E-state index in [0.717, 1.165) is 11.3 Å². The molecule has 0 spiro atoms. The van der Waals surface area contributed by atoms with E-state index in [1.807, 2.05) is 0 Å². The number of rotatable bonds is 3. The molecule has 0 saturated carbocycles. The average molecular weight is 253 g/mol. The molecule has 88 valence electrons. The number of hydrogen-bond donors (Lipinski definition) is 0. The number of halogens is 1. The number of carbonyl (C=O) groups excluding carboxylic acids is 1. The van der Waals surface area contributed by atoms with Gasteiger partial charge in [0, 0.05) is 6.20 Å². The number of carbonyl (C=O) groups is 1. The maximum absolute atomic E-state index is 13.4. The van der Waals surface area contributed by atoms with E-state index in [4.69, 9.17) is 4.74 Å². The minimum atomic E-state index is -0.562. The third kappa shape index (κ3) is 2.44. The van der Waals surface area contributed by atoms with Crippen LogP contribution in [0.25, 0.3) is 10.7 Å². The van der Waals surface area contributed by atoms with Crippen molar-refractivity contribution in [1.82, 2.24) is 15.2 Å². The number of nitrogens with zero attached hydrogens (tertiary/aromatic N) is 3. The summed E-state index contributed by atoms with van der Waals surface area (Å²) < 4.78 is 18.2. The zero-order valence-corrected chi connectivity index (χ0v) is 9.70. The van der Waals surface area contributed by atoms with Gasteiger partial charge in [0.15, 0.2) is 10.8 Å². The summed E-state index contributed by atoms with van der Waals surface area (Å²) in [7, 11) is 0. The first kappa shape index (κ1) is 11.6. The fraction of sp³-hybridized carbons (Fsp3) is 0.200. The van der Waals surface area contributed by atoms with Gasteiger partial charge in [-0.05, 0) is 19.1 Å². The Labute approximate surface area is 100 Å². The number of ether oxygens (including phenoxy) is 1. The molecule has 0 bridgehead atoms. The molecule has 17 heavy (non-hydrogen) atoms. The smallest absolute Gasteiger partial charge is 0.369 e. The van der Waals surface area contributed by atoms with Crippen molar-refractivity contribution >= 4 is 17.3 Å². The van der Waals surface area contributed by atoms with Crippen molar-refractivity contribution in [2.24, 2.45) is 0 Å². The van der Waals surface area contributed by atoms with Crippen molar-refractivity contribution in [3.8, 4) is 10.7 Å². The molecule has 2 rings (SSSR count). The van der Waals surface area contributed by atoms with Gasteiger partial charge in [-0.2, -0.15) is 0 Å². The molecular formula is C10H8FN3O2S. The molecule has 2 heterocycles. The lowest BCUT2D eigenvalue weighted by Crippen LogP contribution is -2.03. The summed E-state index contributed by atoms with van der Waals surface area (Å²) >= 11 is 0.949. The van der Waals surface area contributed by atoms with Gasteiger partial charge in [0.25, 0.3) is 0 Å². The predicted molar refractivity (Wildman–Crippen MR) is 59.1 cm³/mol. The van der Waals surface area contributed by atoms with Crippen molar-refractivity contribution in [2.75, 3.05) is 6.61 Å². The second kappa shape index (κ2) is 4.96. The largest absolute Gasteiger partial charge is 0.461 e. The van der Waals surface area contributed by atoms with E-state index in [1.54, 1.807) is 6.92 Å². The van der Waals surface area contributed by atoms with E-state index in [0.29, 0.717) is 0 Å². The molecule has 2 aromatic heterocycles. The van der Waals surface area contributed by atoms with E-state index in [-0.39, 0.29) is 22.3 Å². The number of esters is 1. The highest BCUT2D eigenvalue weighted by molar-refractivity contribution is 7.16. The molecular weight excluding hydrogens is 245 g/mol. The van der Waals surface area contributed by atoms with Crippen molar-refractivity contribution in [3.05, 3.63) is 29.2 Å². The zero-order valence-electron chi connectivity index (χ0n) is 8.88. The van der Waals surface area contributed by atoms with E-state index in [1.165, 1.54) is 18.3 Å². The van der Waals surface area contributed by atoms with Crippen molar-refractivity contribution < 1.29 is 13.9 Å². The first-order valence-corrected chi connectivity index (χ1v) is 5.65. The van der Waals surface area contributed by atoms with Crippen molar-refractivity contribution in [3.63, 3.8) is 0 Å². The van der Waals surface area contributed by atoms with E-state index in [2.05, 4.69) is 15.2 Å². The molecule has 7 heteroatoms. The van der Waals surface area contributed by atoms with Crippen LogP contribution in [0.2, 0.25) is 0 Å². The van der Waals surface area contributed by atoms with Gasteiger partial charge in [-0.15, -0.1) is 10.2 Å². The summed E-state index contributed by atoms with van der Waals surface area (Å²) in [6.07, 6.45) is 1.45. The van der Waals surface area contributed by atoms with Gasteiger partial charge in [-0.25, -0.2) is 9.18 Å². The summed E-state index contributed by atoms with van der Waals surface area (Å²) in [5, 5.41) is 7.70. The maximum Gasteiger partial charge on any atom is 0.369 e. The molecule has 0 fully saturated rings. The lowest BCUT2D eigenvalue weighted by Gasteiger charge is -1.95. The molecule has 0 atom stereocenters. The third-order valence-corrected chi connectivity index (χ3v) is 2.75. The number of hydrogen-bond acceptors (Lipinski definition) is 6. The van der Waals surface area contributed by atoms with Gasteiger partial charge in [0.2, 0.25) is 5.01 Å². The van der Waals surface area contributed by atoms with Crippen LogP contribution in [0.1, 0.15) is 16.7 Å². The SMILES string of the molecule is CCOC(=O)c1nnc(-c2ncccc2F)s1. The highest BCUT2D eigenvalue weighted by Crippen LogP contribution is 2.23. The van der Waals surface area contributed by atoms with E-state index < -0.39 is 11.8 Å². The van der Waals surface area contributed by atoms with E-state index >= 15 is 0 Å². The molecule has 0 aromatic carbocycles. The lowest BCUT2D eigenvalue weighted by atomic mass is 10.3. The molecule has 0 aliphatic heterocycles. The Morgan fingerprint density at radius 1 is 1.53 bits per heavy atom. The zero-order chi connectivity index (χ0) is 12.3. The molecule has 0 aliphatic rings. The minimum absolute atomic E-state index is 0.0838. The summed E-state index contributed by atoms with van der Waals surface area (Å²) in [6, 6.07) is 2.75. The number of pyridine rings is 1. The Morgan fingerprint density at radius 2 is 2.35 bits per heavy atom. The summed E-state index contributed by atoms with van der Waals surface area (Å²) in [6.45, 7) is 1.95. The van der Waals surface area contributed by atoms with Crippen LogP contribution in [-0.2, 0) is 4.74 Å². The molecule has 2 aromatic rings. The monoisotopic (exact) mass is 253 g/mol. The van der Waals surface area contributed by atoms with Gasteiger partial charge in [0.1, 0.15) is 5.69 Å². The first-order valence-electron chi connectivity index (χ1n) is 4.84. The van der Waals surface area contributed by atoms with Crippen LogP contribution in [-0.4, -0.2) is 27.8 Å². The highest BCUT2D eigenvalue weighted by Gasteiger charge is 2.17. The fourth-order valence-electron chi connectivity index (χ4n) is 1.14. The molecule has 0 radical (unpaired) electrons. The standard InChI is InChI=1S/C10H8FN3O2S/c1-2-16-10(15)9-14-13-8(17-9)7-6(11)4-3-5-12-7/h3-5H,2H2,1H3. The van der Waals surface area contributed by atoms with Crippen LogP contribution in [0.15, 0.2) is 18.3 Å². The van der Waals surface area contributed by atoms with Gasteiger partial charge >= 0.3 is 5.97 Å². The molecule has 0 amide bonds. The lowest BCUT2D eigenvalue weighted by molar-refractivity contribution is 0.0525. The average Bonchev–Trinajstić information content (AvgIpc) is 2.79. The predicted octanol–water partition coefficient (Wildman–Crippen LogP) is 1.92. The summed E-state index contributed by atoms with van der Waals surface area (Å²) in [5.41, 5.74) is 0.0838. The molecule has 0 unspecified atom stereocenters. The maximum atomic E-state index is 13.4. The van der Waals surface area contributed by atoms with E-state index in [9.17, 15) is 9.18 Å². The minimum Gasteiger partial charge on any atom is -0.461 e. The Balaban J connectivity index is 2.30. The Hall–Kier alpha value is -1.89. The van der Waals surface area contributed by atoms with Gasteiger partial charge in [0.05, 0.1) is 6.61 Å². The second-order valence-corrected chi connectivity index (χ2v) is 3.94. The summed E-state index contributed by atoms with van der Waals surface area (Å²) in [4.78, 5) is 15.2. The number of aromatic nitrogens is 3. The van der Waals surface area contributed by atoms with Crippen molar-refractivity contribution in [2.45, 2.75) is 6.92 Å². The van der Waals surface area contributed by atoms with Crippen LogP contribution in [0, 0.1) is 5.82 Å². The Morgan fingerprint density at radius 3 is 3.06 bits per heavy atom. The fourth-order valence-corrected chi connectivity index (χ4v) is 1.87. The topological polar surface area (TPSA) is 65.0 Å². The second-order valence-electron chi connectivity index (χ2n) is 2.97.